The van der Waals surface area contributed by atoms with E-state index in [1.54, 1.807) is 0 Å². The van der Waals surface area contributed by atoms with E-state index in [9.17, 15) is 0 Å². The Morgan fingerprint density at radius 3 is 2.85 bits per heavy atom. The molecule has 3 N–H and O–H groups in total. The van der Waals surface area contributed by atoms with E-state index in [1.807, 2.05) is 24.3 Å². The fourth-order valence-corrected chi connectivity index (χ4v) is 2.51. The van der Waals surface area contributed by atoms with Gasteiger partial charge < -0.3 is 15.8 Å². The predicted octanol–water partition coefficient (Wildman–Crippen LogP) is 2.65. The number of rotatable bonds is 6. The van der Waals surface area contributed by atoms with E-state index < -0.39 is 0 Å². The SMILES string of the molecule is N#Cc1cccc(NCCCOC2CCC(N)CC2)c1. The minimum atomic E-state index is 0.379. The summed E-state index contributed by atoms with van der Waals surface area (Å²) >= 11 is 0. The van der Waals surface area contributed by atoms with Crippen molar-refractivity contribution < 1.29 is 4.74 Å². The topological polar surface area (TPSA) is 71.1 Å². The summed E-state index contributed by atoms with van der Waals surface area (Å²) in [5.41, 5.74) is 7.55. The number of hydrogen-bond acceptors (Lipinski definition) is 4. The van der Waals surface area contributed by atoms with Gasteiger partial charge in [-0.1, -0.05) is 6.07 Å². The van der Waals surface area contributed by atoms with Crippen LogP contribution in [0.15, 0.2) is 24.3 Å². The zero-order valence-electron chi connectivity index (χ0n) is 11.8. The van der Waals surface area contributed by atoms with Crippen molar-refractivity contribution in [2.45, 2.75) is 44.2 Å². The van der Waals surface area contributed by atoms with Gasteiger partial charge in [0.2, 0.25) is 0 Å². The maximum atomic E-state index is 8.83. The van der Waals surface area contributed by atoms with Crippen molar-refractivity contribution in [3.63, 3.8) is 0 Å². The van der Waals surface area contributed by atoms with Crippen molar-refractivity contribution in [3.8, 4) is 6.07 Å². The Hall–Kier alpha value is -1.57. The van der Waals surface area contributed by atoms with Gasteiger partial charge in [0.1, 0.15) is 0 Å². The van der Waals surface area contributed by atoms with E-state index >= 15 is 0 Å². The van der Waals surface area contributed by atoms with E-state index in [1.165, 1.54) is 0 Å². The first-order valence-corrected chi connectivity index (χ1v) is 7.39. The summed E-state index contributed by atoms with van der Waals surface area (Å²) in [5.74, 6) is 0. The molecule has 2 rings (SSSR count). The molecule has 0 spiro atoms. The molecule has 1 fully saturated rings. The second kappa shape index (κ2) is 7.88. The van der Waals surface area contributed by atoms with Crippen LogP contribution in [0.25, 0.3) is 0 Å². The molecular weight excluding hydrogens is 250 g/mol. The highest BCUT2D eigenvalue weighted by Gasteiger charge is 2.18. The third-order valence-electron chi connectivity index (χ3n) is 3.71. The van der Waals surface area contributed by atoms with Crippen LogP contribution in [0.5, 0.6) is 0 Å². The molecule has 20 heavy (non-hydrogen) atoms. The van der Waals surface area contributed by atoms with Gasteiger partial charge in [0, 0.05) is 24.9 Å². The first-order valence-electron chi connectivity index (χ1n) is 7.39. The molecule has 1 saturated carbocycles. The minimum absolute atomic E-state index is 0.379. The number of hydrogen-bond donors (Lipinski definition) is 2. The van der Waals surface area contributed by atoms with Crippen molar-refractivity contribution >= 4 is 5.69 Å². The number of nitriles is 1. The molecule has 0 aromatic heterocycles. The number of benzene rings is 1. The predicted molar refractivity (Wildman–Crippen MR) is 80.4 cm³/mol. The van der Waals surface area contributed by atoms with Crippen LogP contribution in [0, 0.1) is 11.3 Å². The van der Waals surface area contributed by atoms with Crippen LogP contribution in [0.2, 0.25) is 0 Å². The molecule has 1 aromatic carbocycles. The van der Waals surface area contributed by atoms with Crippen LogP contribution < -0.4 is 11.1 Å². The molecule has 0 radical (unpaired) electrons. The Bertz CT molecular complexity index is 447. The molecule has 0 aliphatic heterocycles. The standard InChI is InChI=1S/C16H23N3O/c17-12-13-3-1-4-15(11-13)19-9-2-10-20-16-7-5-14(18)6-8-16/h1,3-4,11,14,16,19H,2,5-10,18H2. The van der Waals surface area contributed by atoms with Crippen molar-refractivity contribution in [2.24, 2.45) is 5.73 Å². The lowest BCUT2D eigenvalue weighted by molar-refractivity contribution is 0.0251. The molecular formula is C16H23N3O. The lowest BCUT2D eigenvalue weighted by Gasteiger charge is -2.26. The first kappa shape index (κ1) is 14.8. The van der Waals surface area contributed by atoms with Crippen LogP contribution >= 0.6 is 0 Å². The van der Waals surface area contributed by atoms with Gasteiger partial charge in [-0.15, -0.1) is 0 Å². The number of ether oxygens (including phenoxy) is 1. The quantitative estimate of drug-likeness (QED) is 0.782. The van der Waals surface area contributed by atoms with Gasteiger partial charge in [0.05, 0.1) is 17.7 Å². The highest BCUT2D eigenvalue weighted by Crippen LogP contribution is 2.19. The summed E-state index contributed by atoms with van der Waals surface area (Å²) in [4.78, 5) is 0. The average molecular weight is 273 g/mol. The molecule has 0 saturated heterocycles. The van der Waals surface area contributed by atoms with E-state index in [2.05, 4.69) is 11.4 Å². The molecule has 1 aliphatic rings. The summed E-state index contributed by atoms with van der Waals surface area (Å²) in [6.07, 6.45) is 5.74. The fourth-order valence-electron chi connectivity index (χ4n) is 2.51. The van der Waals surface area contributed by atoms with Crippen LogP contribution in [-0.4, -0.2) is 25.3 Å². The summed E-state index contributed by atoms with van der Waals surface area (Å²) in [5, 5.41) is 12.1. The van der Waals surface area contributed by atoms with Crippen LogP contribution in [0.3, 0.4) is 0 Å². The van der Waals surface area contributed by atoms with E-state index in [4.69, 9.17) is 15.7 Å². The Labute approximate surface area is 120 Å². The number of anilines is 1. The maximum absolute atomic E-state index is 8.83. The fraction of sp³-hybridized carbons (Fsp3) is 0.562. The van der Waals surface area contributed by atoms with Gasteiger partial charge in [-0.05, 0) is 50.3 Å². The van der Waals surface area contributed by atoms with E-state index in [0.717, 1.165) is 50.9 Å². The third-order valence-corrected chi connectivity index (χ3v) is 3.71. The summed E-state index contributed by atoms with van der Waals surface area (Å²) in [6.45, 7) is 1.64. The number of nitrogens with two attached hydrogens (primary N) is 1. The summed E-state index contributed by atoms with van der Waals surface area (Å²) in [7, 11) is 0. The molecule has 1 aromatic rings. The second-order valence-electron chi connectivity index (χ2n) is 5.38. The molecule has 0 atom stereocenters. The Kier molecular flexibility index (Phi) is 5.85. The van der Waals surface area contributed by atoms with Crippen molar-refractivity contribution in [2.75, 3.05) is 18.5 Å². The molecule has 1 aliphatic carbocycles. The van der Waals surface area contributed by atoms with Crippen molar-refractivity contribution in [1.29, 1.82) is 5.26 Å². The van der Waals surface area contributed by atoms with Crippen molar-refractivity contribution in [1.82, 2.24) is 0 Å². The van der Waals surface area contributed by atoms with Crippen LogP contribution in [0.4, 0.5) is 5.69 Å². The lowest BCUT2D eigenvalue weighted by atomic mass is 9.94. The normalized spacial score (nSPS) is 22.2. The first-order chi connectivity index (χ1) is 9.78. The lowest BCUT2D eigenvalue weighted by Crippen LogP contribution is -2.30. The smallest absolute Gasteiger partial charge is 0.0992 e. The summed E-state index contributed by atoms with van der Waals surface area (Å²) < 4.78 is 5.87. The molecule has 108 valence electrons. The van der Waals surface area contributed by atoms with E-state index in [-0.39, 0.29) is 0 Å². The van der Waals surface area contributed by atoms with Gasteiger partial charge in [-0.25, -0.2) is 0 Å². The highest BCUT2D eigenvalue weighted by atomic mass is 16.5. The van der Waals surface area contributed by atoms with E-state index in [0.29, 0.717) is 17.7 Å². The minimum Gasteiger partial charge on any atom is -0.385 e. The van der Waals surface area contributed by atoms with Gasteiger partial charge in [-0.2, -0.15) is 5.26 Å². The third kappa shape index (κ3) is 4.84. The molecule has 0 amide bonds. The van der Waals surface area contributed by atoms with Gasteiger partial charge >= 0.3 is 0 Å². The Balaban J connectivity index is 1.58. The zero-order valence-corrected chi connectivity index (χ0v) is 11.8. The van der Waals surface area contributed by atoms with Crippen LogP contribution in [-0.2, 0) is 4.74 Å². The molecule has 4 nitrogen and oxygen atoms in total. The molecule has 0 unspecified atom stereocenters. The maximum Gasteiger partial charge on any atom is 0.0992 e. The largest absolute Gasteiger partial charge is 0.385 e. The molecule has 0 bridgehead atoms. The number of nitrogens with zero attached hydrogens (tertiary/aromatic N) is 1. The van der Waals surface area contributed by atoms with Crippen LogP contribution in [0.1, 0.15) is 37.7 Å². The number of nitrogens with one attached hydrogen (secondary N) is 1. The summed E-state index contributed by atoms with van der Waals surface area (Å²) in [6, 6.07) is 10.1. The zero-order chi connectivity index (χ0) is 14.2. The molecule has 4 heteroatoms. The Morgan fingerprint density at radius 1 is 1.30 bits per heavy atom. The second-order valence-corrected chi connectivity index (χ2v) is 5.38. The van der Waals surface area contributed by atoms with Gasteiger partial charge in [0.15, 0.2) is 0 Å². The average Bonchev–Trinajstić information content (AvgIpc) is 2.49. The monoisotopic (exact) mass is 273 g/mol. The van der Waals surface area contributed by atoms with Gasteiger partial charge in [-0.3, -0.25) is 0 Å². The van der Waals surface area contributed by atoms with Gasteiger partial charge in [0.25, 0.3) is 0 Å². The van der Waals surface area contributed by atoms with Crippen molar-refractivity contribution in [3.05, 3.63) is 29.8 Å². The highest BCUT2D eigenvalue weighted by molar-refractivity contribution is 5.48. The molecule has 0 heterocycles. The Morgan fingerprint density at radius 2 is 2.10 bits per heavy atom.